The monoisotopic (exact) mass is 292 g/mol. The van der Waals surface area contributed by atoms with Crippen LogP contribution in [0.15, 0.2) is 18.2 Å². The molecule has 1 aromatic rings. The summed E-state index contributed by atoms with van der Waals surface area (Å²) >= 11 is 0. The van der Waals surface area contributed by atoms with Gasteiger partial charge in [0.2, 0.25) is 0 Å². The Morgan fingerprint density at radius 2 is 2.10 bits per heavy atom. The molecular weight excluding hydrogens is 264 g/mol. The molecule has 0 bridgehead atoms. The summed E-state index contributed by atoms with van der Waals surface area (Å²) in [7, 11) is 1.74. The maximum Gasteiger partial charge on any atom is 0.123 e. The number of morpholine rings is 1. The van der Waals surface area contributed by atoms with E-state index >= 15 is 0 Å². The first-order valence-corrected chi connectivity index (χ1v) is 7.88. The molecule has 118 valence electrons. The number of nitrogens with one attached hydrogen (secondary N) is 1. The van der Waals surface area contributed by atoms with Gasteiger partial charge in [0.25, 0.3) is 0 Å². The second-order valence-electron chi connectivity index (χ2n) is 5.73. The summed E-state index contributed by atoms with van der Waals surface area (Å²) in [6.45, 7) is 10.4. The molecule has 0 aliphatic carbocycles. The molecular formula is C17H28N2O2. The van der Waals surface area contributed by atoms with Crippen molar-refractivity contribution in [2.24, 2.45) is 0 Å². The zero-order chi connectivity index (χ0) is 15.1. The van der Waals surface area contributed by atoms with Crippen LogP contribution in [-0.4, -0.2) is 51.4 Å². The van der Waals surface area contributed by atoms with E-state index in [1.54, 1.807) is 7.11 Å². The Kier molecular flexibility index (Phi) is 6.49. The van der Waals surface area contributed by atoms with Crippen LogP contribution in [0.5, 0.6) is 5.75 Å². The molecule has 1 aliphatic rings. The van der Waals surface area contributed by atoms with Crippen LogP contribution in [0.3, 0.4) is 0 Å². The molecule has 4 nitrogen and oxygen atoms in total. The number of methoxy groups -OCH3 is 1. The average Bonchev–Trinajstić information content (AvgIpc) is 2.52. The quantitative estimate of drug-likeness (QED) is 0.782. The molecule has 21 heavy (non-hydrogen) atoms. The van der Waals surface area contributed by atoms with Crippen molar-refractivity contribution in [3.63, 3.8) is 0 Å². The SMILES string of the molecule is COc1cc(C)ccc1C(C)NCCCN1CCOCC1. The normalized spacial score (nSPS) is 17.7. The highest BCUT2D eigenvalue weighted by molar-refractivity contribution is 5.38. The third-order valence-electron chi connectivity index (χ3n) is 4.06. The van der Waals surface area contributed by atoms with E-state index in [9.17, 15) is 0 Å². The Morgan fingerprint density at radius 3 is 2.81 bits per heavy atom. The van der Waals surface area contributed by atoms with Gasteiger partial charge in [-0.15, -0.1) is 0 Å². The van der Waals surface area contributed by atoms with Crippen molar-refractivity contribution < 1.29 is 9.47 Å². The first kappa shape index (κ1) is 16.3. The van der Waals surface area contributed by atoms with Gasteiger partial charge in [-0.2, -0.15) is 0 Å². The zero-order valence-corrected chi connectivity index (χ0v) is 13.5. The molecule has 0 aromatic heterocycles. The fourth-order valence-electron chi connectivity index (χ4n) is 2.73. The smallest absolute Gasteiger partial charge is 0.123 e. The number of hydrogen-bond acceptors (Lipinski definition) is 4. The van der Waals surface area contributed by atoms with Crippen LogP contribution in [0.25, 0.3) is 0 Å². The number of ether oxygens (including phenoxy) is 2. The van der Waals surface area contributed by atoms with E-state index < -0.39 is 0 Å². The maximum absolute atomic E-state index is 5.49. The first-order valence-electron chi connectivity index (χ1n) is 7.88. The van der Waals surface area contributed by atoms with E-state index in [1.807, 2.05) is 0 Å². The van der Waals surface area contributed by atoms with Crippen molar-refractivity contribution in [3.05, 3.63) is 29.3 Å². The molecule has 1 saturated heterocycles. The van der Waals surface area contributed by atoms with Crippen LogP contribution >= 0.6 is 0 Å². The summed E-state index contributed by atoms with van der Waals surface area (Å²) in [6.07, 6.45) is 1.17. The molecule has 1 N–H and O–H groups in total. The predicted molar refractivity (Wildman–Crippen MR) is 86.0 cm³/mol. The standard InChI is InChI=1S/C17H28N2O2/c1-14-5-6-16(17(13-14)20-3)15(2)18-7-4-8-19-9-11-21-12-10-19/h5-6,13,15,18H,4,7-12H2,1-3H3. The number of nitrogens with zero attached hydrogens (tertiary/aromatic N) is 1. The second-order valence-corrected chi connectivity index (χ2v) is 5.73. The molecule has 2 rings (SSSR count). The summed E-state index contributed by atoms with van der Waals surface area (Å²) in [5, 5.41) is 3.59. The van der Waals surface area contributed by atoms with Gasteiger partial charge < -0.3 is 14.8 Å². The fourth-order valence-corrected chi connectivity index (χ4v) is 2.73. The van der Waals surface area contributed by atoms with E-state index in [1.165, 1.54) is 17.5 Å². The number of benzene rings is 1. The first-order chi connectivity index (χ1) is 10.2. The molecule has 0 radical (unpaired) electrons. The molecule has 1 fully saturated rings. The average molecular weight is 292 g/mol. The zero-order valence-electron chi connectivity index (χ0n) is 13.5. The Morgan fingerprint density at radius 1 is 1.33 bits per heavy atom. The highest BCUT2D eigenvalue weighted by Crippen LogP contribution is 2.25. The molecule has 1 unspecified atom stereocenters. The maximum atomic E-state index is 5.49. The van der Waals surface area contributed by atoms with Crippen LogP contribution < -0.4 is 10.1 Å². The largest absolute Gasteiger partial charge is 0.496 e. The highest BCUT2D eigenvalue weighted by Gasteiger charge is 2.12. The van der Waals surface area contributed by atoms with Crippen molar-refractivity contribution in [1.29, 1.82) is 0 Å². The van der Waals surface area contributed by atoms with Gasteiger partial charge in [-0.25, -0.2) is 0 Å². The second kappa shape index (κ2) is 8.37. The van der Waals surface area contributed by atoms with Crippen LogP contribution in [0.4, 0.5) is 0 Å². The van der Waals surface area contributed by atoms with Crippen LogP contribution in [0.2, 0.25) is 0 Å². The van der Waals surface area contributed by atoms with E-state index in [-0.39, 0.29) is 0 Å². The summed E-state index contributed by atoms with van der Waals surface area (Å²) in [6, 6.07) is 6.71. The minimum absolute atomic E-state index is 0.310. The fraction of sp³-hybridized carbons (Fsp3) is 0.647. The summed E-state index contributed by atoms with van der Waals surface area (Å²) in [5.74, 6) is 0.975. The number of hydrogen-bond donors (Lipinski definition) is 1. The Balaban J connectivity index is 1.75. The molecule has 1 heterocycles. The van der Waals surface area contributed by atoms with Gasteiger partial charge in [0, 0.05) is 24.7 Å². The topological polar surface area (TPSA) is 33.7 Å². The van der Waals surface area contributed by atoms with Crippen molar-refractivity contribution in [1.82, 2.24) is 10.2 Å². The van der Waals surface area contributed by atoms with E-state index in [0.29, 0.717) is 6.04 Å². The lowest BCUT2D eigenvalue weighted by molar-refractivity contribution is 0.0374. The van der Waals surface area contributed by atoms with Gasteiger partial charge in [-0.1, -0.05) is 12.1 Å². The summed E-state index contributed by atoms with van der Waals surface area (Å²) in [4.78, 5) is 2.47. The van der Waals surface area contributed by atoms with E-state index in [2.05, 4.69) is 42.3 Å². The van der Waals surface area contributed by atoms with Crippen LogP contribution in [0.1, 0.15) is 30.5 Å². The lowest BCUT2D eigenvalue weighted by atomic mass is 10.0. The molecule has 1 aromatic carbocycles. The van der Waals surface area contributed by atoms with Gasteiger partial charge in [0.05, 0.1) is 20.3 Å². The molecule has 0 amide bonds. The summed E-state index contributed by atoms with van der Waals surface area (Å²) < 4.78 is 10.9. The van der Waals surface area contributed by atoms with Gasteiger partial charge >= 0.3 is 0 Å². The van der Waals surface area contributed by atoms with Crippen LogP contribution in [-0.2, 0) is 4.74 Å². The Bertz CT molecular complexity index is 431. The van der Waals surface area contributed by atoms with Gasteiger partial charge in [-0.05, 0) is 45.0 Å². The lowest BCUT2D eigenvalue weighted by Gasteiger charge is -2.26. The lowest BCUT2D eigenvalue weighted by Crippen LogP contribution is -2.37. The van der Waals surface area contributed by atoms with Crippen molar-refractivity contribution in [3.8, 4) is 5.75 Å². The Labute approximate surface area is 128 Å². The summed E-state index contributed by atoms with van der Waals surface area (Å²) in [5.41, 5.74) is 2.46. The number of rotatable bonds is 7. The van der Waals surface area contributed by atoms with Crippen molar-refractivity contribution in [2.75, 3.05) is 46.5 Å². The van der Waals surface area contributed by atoms with Gasteiger partial charge in [0.15, 0.2) is 0 Å². The van der Waals surface area contributed by atoms with Crippen LogP contribution in [0, 0.1) is 6.92 Å². The highest BCUT2D eigenvalue weighted by atomic mass is 16.5. The van der Waals surface area contributed by atoms with Crippen molar-refractivity contribution in [2.45, 2.75) is 26.3 Å². The Hall–Kier alpha value is -1.10. The predicted octanol–water partition coefficient (Wildman–Crippen LogP) is 2.38. The van der Waals surface area contributed by atoms with Gasteiger partial charge in [-0.3, -0.25) is 4.90 Å². The third kappa shape index (κ3) is 4.99. The van der Waals surface area contributed by atoms with E-state index in [4.69, 9.17) is 9.47 Å². The molecule has 1 aliphatic heterocycles. The molecule has 4 heteroatoms. The molecule has 1 atom stereocenters. The number of aryl methyl sites for hydroxylation is 1. The van der Waals surface area contributed by atoms with E-state index in [0.717, 1.165) is 45.1 Å². The minimum atomic E-state index is 0.310. The minimum Gasteiger partial charge on any atom is -0.496 e. The van der Waals surface area contributed by atoms with Crippen molar-refractivity contribution >= 4 is 0 Å². The molecule has 0 spiro atoms. The molecule has 0 saturated carbocycles. The third-order valence-corrected chi connectivity index (χ3v) is 4.06. The van der Waals surface area contributed by atoms with Gasteiger partial charge in [0.1, 0.15) is 5.75 Å².